The standard InChI is InChI=1S/C21H33N3O3.HI/c1-16-5-2-3-7-19(16)24-20(22-11-9-18-6-4-12-25-18)23-17-8-10-21(15-17)26-13-14-27-21;/h4,6,12,16-17,19H,2-3,5,7-11,13-15H2,1H3,(H2,22,23,24);1H. The van der Waals surface area contributed by atoms with Gasteiger partial charge in [0.25, 0.3) is 0 Å². The van der Waals surface area contributed by atoms with Gasteiger partial charge in [-0.25, -0.2) is 0 Å². The minimum atomic E-state index is -0.352. The van der Waals surface area contributed by atoms with Crippen molar-refractivity contribution >= 4 is 29.9 Å². The molecule has 0 radical (unpaired) electrons. The number of nitrogens with one attached hydrogen (secondary N) is 2. The molecular formula is C21H34IN3O3. The van der Waals surface area contributed by atoms with Gasteiger partial charge in [-0.2, -0.15) is 0 Å². The van der Waals surface area contributed by atoms with Crippen LogP contribution in [0.15, 0.2) is 27.8 Å². The number of aliphatic imine (C=N–C) groups is 1. The molecule has 2 N–H and O–H groups in total. The summed E-state index contributed by atoms with van der Waals surface area (Å²) in [5, 5.41) is 7.38. The Morgan fingerprint density at radius 2 is 2.00 bits per heavy atom. The first-order valence-corrected chi connectivity index (χ1v) is 10.6. The molecule has 1 spiro atoms. The third kappa shape index (κ3) is 5.63. The summed E-state index contributed by atoms with van der Waals surface area (Å²) in [6.45, 7) is 4.50. The Hall–Kier alpha value is -0.800. The lowest BCUT2D eigenvalue weighted by molar-refractivity contribution is -0.151. The van der Waals surface area contributed by atoms with E-state index in [9.17, 15) is 0 Å². The molecule has 3 atom stereocenters. The molecule has 2 aliphatic carbocycles. The number of guanidine groups is 1. The molecule has 2 heterocycles. The van der Waals surface area contributed by atoms with Gasteiger partial charge in [-0.3, -0.25) is 4.99 Å². The van der Waals surface area contributed by atoms with Crippen molar-refractivity contribution in [2.75, 3.05) is 19.8 Å². The molecule has 3 aliphatic rings. The first kappa shape index (κ1) is 21.9. The van der Waals surface area contributed by atoms with Crippen molar-refractivity contribution in [3.8, 4) is 0 Å². The number of hydrogen-bond donors (Lipinski definition) is 2. The van der Waals surface area contributed by atoms with Crippen molar-refractivity contribution in [1.29, 1.82) is 0 Å². The Morgan fingerprint density at radius 1 is 1.18 bits per heavy atom. The molecule has 2 saturated carbocycles. The Balaban J connectivity index is 0.00000225. The maximum atomic E-state index is 5.88. The average molecular weight is 503 g/mol. The van der Waals surface area contributed by atoms with Gasteiger partial charge in [0, 0.05) is 37.9 Å². The van der Waals surface area contributed by atoms with Crippen LogP contribution >= 0.6 is 24.0 Å². The second-order valence-corrected chi connectivity index (χ2v) is 8.26. The van der Waals surface area contributed by atoms with Crippen LogP contribution < -0.4 is 10.6 Å². The van der Waals surface area contributed by atoms with E-state index >= 15 is 0 Å². The first-order chi connectivity index (χ1) is 13.2. The van der Waals surface area contributed by atoms with Gasteiger partial charge in [0.2, 0.25) is 0 Å². The van der Waals surface area contributed by atoms with Crippen LogP contribution in [0.25, 0.3) is 0 Å². The minimum Gasteiger partial charge on any atom is -0.469 e. The first-order valence-electron chi connectivity index (χ1n) is 10.6. The highest BCUT2D eigenvalue weighted by Crippen LogP contribution is 2.37. The summed E-state index contributed by atoms with van der Waals surface area (Å²) >= 11 is 0. The normalized spacial score (nSPS) is 29.6. The zero-order valence-electron chi connectivity index (χ0n) is 16.8. The predicted molar refractivity (Wildman–Crippen MR) is 120 cm³/mol. The van der Waals surface area contributed by atoms with E-state index in [0.29, 0.717) is 31.2 Å². The van der Waals surface area contributed by atoms with Gasteiger partial charge >= 0.3 is 0 Å². The van der Waals surface area contributed by atoms with Crippen LogP contribution in [0.1, 0.15) is 57.6 Å². The van der Waals surface area contributed by atoms with Crippen molar-refractivity contribution < 1.29 is 13.9 Å². The topological polar surface area (TPSA) is 68.0 Å². The highest BCUT2D eigenvalue weighted by atomic mass is 127. The lowest BCUT2D eigenvalue weighted by atomic mass is 9.86. The van der Waals surface area contributed by atoms with E-state index in [1.54, 1.807) is 6.26 Å². The molecule has 3 fully saturated rings. The molecule has 1 aliphatic heterocycles. The Kier molecular flexibility index (Phi) is 8.05. The maximum absolute atomic E-state index is 5.88. The third-order valence-corrected chi connectivity index (χ3v) is 6.23. The summed E-state index contributed by atoms with van der Waals surface area (Å²) in [5.41, 5.74) is 0. The van der Waals surface area contributed by atoms with Crippen LogP contribution in [-0.2, 0) is 15.9 Å². The Labute approximate surface area is 185 Å². The van der Waals surface area contributed by atoms with Crippen molar-refractivity contribution in [3.63, 3.8) is 0 Å². The fourth-order valence-corrected chi connectivity index (χ4v) is 4.62. The fourth-order valence-electron chi connectivity index (χ4n) is 4.62. The summed E-state index contributed by atoms with van der Waals surface area (Å²) in [7, 11) is 0. The van der Waals surface area contributed by atoms with Gasteiger partial charge in [-0.15, -0.1) is 24.0 Å². The lowest BCUT2D eigenvalue weighted by Crippen LogP contribution is -2.50. The second-order valence-electron chi connectivity index (χ2n) is 8.26. The van der Waals surface area contributed by atoms with Gasteiger partial charge in [0.1, 0.15) is 5.76 Å². The van der Waals surface area contributed by atoms with Crippen LogP contribution in [0.3, 0.4) is 0 Å². The average Bonchev–Trinajstić information content (AvgIpc) is 3.41. The molecule has 1 saturated heterocycles. The van der Waals surface area contributed by atoms with E-state index < -0.39 is 0 Å². The van der Waals surface area contributed by atoms with Crippen LogP contribution in [-0.4, -0.2) is 43.6 Å². The summed E-state index contributed by atoms with van der Waals surface area (Å²) < 4.78 is 17.2. The van der Waals surface area contributed by atoms with Gasteiger partial charge in [0.05, 0.1) is 19.5 Å². The Bertz CT molecular complexity index is 616. The number of rotatable bonds is 5. The molecule has 7 heteroatoms. The van der Waals surface area contributed by atoms with E-state index in [1.165, 1.54) is 25.7 Å². The quantitative estimate of drug-likeness (QED) is 0.363. The van der Waals surface area contributed by atoms with Gasteiger partial charge < -0.3 is 24.5 Å². The zero-order valence-corrected chi connectivity index (χ0v) is 19.2. The van der Waals surface area contributed by atoms with E-state index in [2.05, 4.69) is 17.6 Å². The van der Waals surface area contributed by atoms with Crippen molar-refractivity contribution in [2.45, 2.75) is 76.2 Å². The van der Waals surface area contributed by atoms with E-state index in [4.69, 9.17) is 18.9 Å². The maximum Gasteiger partial charge on any atom is 0.191 e. The summed E-state index contributed by atoms with van der Waals surface area (Å²) in [6, 6.07) is 4.79. The van der Waals surface area contributed by atoms with Crippen molar-refractivity contribution in [2.24, 2.45) is 10.9 Å². The highest BCUT2D eigenvalue weighted by molar-refractivity contribution is 14.0. The van der Waals surface area contributed by atoms with Gasteiger partial charge in [-0.1, -0.05) is 19.8 Å². The largest absolute Gasteiger partial charge is 0.469 e. The van der Waals surface area contributed by atoms with Crippen LogP contribution in [0.5, 0.6) is 0 Å². The van der Waals surface area contributed by atoms with Gasteiger partial charge in [-0.05, 0) is 37.3 Å². The van der Waals surface area contributed by atoms with Crippen molar-refractivity contribution in [3.05, 3.63) is 24.2 Å². The summed E-state index contributed by atoms with van der Waals surface area (Å²) in [5.74, 6) is 2.25. The summed E-state index contributed by atoms with van der Waals surface area (Å²) in [6.07, 6.45) is 10.6. The van der Waals surface area contributed by atoms with Gasteiger partial charge in [0.15, 0.2) is 11.7 Å². The highest BCUT2D eigenvalue weighted by Gasteiger charge is 2.44. The predicted octanol–water partition coefficient (Wildman–Crippen LogP) is 3.85. The molecule has 28 heavy (non-hydrogen) atoms. The number of ether oxygens (including phenoxy) is 2. The molecule has 0 bridgehead atoms. The molecule has 158 valence electrons. The molecular weight excluding hydrogens is 469 g/mol. The van der Waals surface area contributed by atoms with E-state index in [-0.39, 0.29) is 29.8 Å². The molecule has 6 nitrogen and oxygen atoms in total. The lowest BCUT2D eigenvalue weighted by Gasteiger charge is -2.32. The molecule has 4 rings (SSSR count). The third-order valence-electron chi connectivity index (χ3n) is 6.23. The Morgan fingerprint density at radius 3 is 2.75 bits per heavy atom. The SMILES string of the molecule is CC1CCCCC1NC(=NCCc1ccco1)NC1CCC2(C1)OCCO2.I. The zero-order chi connectivity index (χ0) is 18.5. The van der Waals surface area contributed by atoms with Crippen LogP contribution in [0.2, 0.25) is 0 Å². The smallest absolute Gasteiger partial charge is 0.191 e. The molecule has 0 aromatic carbocycles. The monoisotopic (exact) mass is 503 g/mol. The number of nitrogens with zero attached hydrogens (tertiary/aromatic N) is 1. The minimum absolute atomic E-state index is 0. The summed E-state index contributed by atoms with van der Waals surface area (Å²) in [4.78, 5) is 4.86. The second kappa shape index (κ2) is 10.3. The molecule has 1 aromatic heterocycles. The van der Waals surface area contributed by atoms with Crippen LogP contribution in [0, 0.1) is 5.92 Å². The van der Waals surface area contributed by atoms with E-state index in [1.807, 2.05) is 12.1 Å². The molecule has 3 unspecified atom stereocenters. The van der Waals surface area contributed by atoms with Crippen LogP contribution in [0.4, 0.5) is 0 Å². The number of furan rings is 1. The molecule has 0 amide bonds. The number of halogens is 1. The van der Waals surface area contributed by atoms with Crippen molar-refractivity contribution in [1.82, 2.24) is 10.6 Å². The number of hydrogen-bond acceptors (Lipinski definition) is 4. The fraction of sp³-hybridized carbons (Fsp3) is 0.762. The van der Waals surface area contributed by atoms with E-state index in [0.717, 1.165) is 43.9 Å². The molecule has 1 aromatic rings.